The molecular formula is C24H21N3O6S. The Morgan fingerprint density at radius 1 is 1.26 bits per heavy atom. The molecule has 1 aromatic heterocycles. The molecule has 2 aromatic carbocycles. The number of allylic oxidation sites excluding steroid dienone is 1. The van der Waals surface area contributed by atoms with E-state index in [0.29, 0.717) is 31.9 Å². The van der Waals surface area contributed by atoms with Gasteiger partial charge in [-0.05, 0) is 43.2 Å². The van der Waals surface area contributed by atoms with E-state index in [4.69, 9.17) is 9.47 Å². The number of nitrogens with zero attached hydrogens (tertiary/aromatic N) is 3. The quantitative estimate of drug-likeness (QED) is 0.305. The molecule has 0 bridgehead atoms. The molecule has 3 aromatic rings. The van der Waals surface area contributed by atoms with Crippen LogP contribution in [0.25, 0.3) is 6.08 Å². The number of non-ortho nitro benzene ring substituents is 1. The van der Waals surface area contributed by atoms with Gasteiger partial charge in [0.05, 0.1) is 40.5 Å². The Morgan fingerprint density at radius 3 is 2.65 bits per heavy atom. The number of ether oxygens (including phenoxy) is 2. The molecule has 0 amide bonds. The Bertz CT molecular complexity index is 1480. The second-order valence-electron chi connectivity index (χ2n) is 7.43. The number of benzene rings is 2. The standard InChI is InChI=1S/C24H21N3O6S/c1-4-33-23(29)20-14(2)25-24-26(21(20)16-8-10-18(32-3)11-9-16)22(28)19(34-24)13-15-6-5-7-17(12-15)27(30)31/h5-13,21H,4H2,1-3H3/b19-13-. The van der Waals surface area contributed by atoms with Crippen LogP contribution in [0, 0.1) is 10.1 Å². The number of carbonyl (C=O) groups excluding carboxylic acids is 1. The van der Waals surface area contributed by atoms with Crippen LogP contribution in [-0.4, -0.2) is 29.2 Å². The first-order valence-corrected chi connectivity index (χ1v) is 11.2. The molecule has 0 radical (unpaired) electrons. The molecule has 4 rings (SSSR count). The first-order chi connectivity index (χ1) is 16.3. The van der Waals surface area contributed by atoms with Crippen LogP contribution >= 0.6 is 11.3 Å². The van der Waals surface area contributed by atoms with Crippen molar-refractivity contribution in [3.05, 3.63) is 101 Å². The maximum absolute atomic E-state index is 13.5. The highest BCUT2D eigenvalue weighted by atomic mass is 32.1. The summed E-state index contributed by atoms with van der Waals surface area (Å²) in [5, 5.41) is 11.1. The highest BCUT2D eigenvalue weighted by Crippen LogP contribution is 2.31. The number of fused-ring (bicyclic) bond motifs is 1. The van der Waals surface area contributed by atoms with Gasteiger partial charge in [-0.1, -0.05) is 35.6 Å². The summed E-state index contributed by atoms with van der Waals surface area (Å²) in [5.41, 5.74) is 1.52. The highest BCUT2D eigenvalue weighted by molar-refractivity contribution is 7.07. The third-order valence-electron chi connectivity index (χ3n) is 5.33. The van der Waals surface area contributed by atoms with Gasteiger partial charge in [-0.25, -0.2) is 9.79 Å². The number of nitro groups is 1. The van der Waals surface area contributed by atoms with Crippen molar-refractivity contribution in [1.82, 2.24) is 4.57 Å². The molecule has 1 aliphatic heterocycles. The van der Waals surface area contributed by atoms with Crippen molar-refractivity contribution in [1.29, 1.82) is 0 Å². The molecule has 1 atom stereocenters. The smallest absolute Gasteiger partial charge is 0.338 e. The maximum atomic E-state index is 13.5. The molecule has 0 spiro atoms. The summed E-state index contributed by atoms with van der Waals surface area (Å²) < 4.78 is 12.3. The third kappa shape index (κ3) is 4.27. The molecule has 0 aliphatic carbocycles. The lowest BCUT2D eigenvalue weighted by Gasteiger charge is -2.24. The molecule has 34 heavy (non-hydrogen) atoms. The average Bonchev–Trinajstić information content (AvgIpc) is 3.12. The molecule has 1 aliphatic rings. The number of methoxy groups -OCH3 is 1. The topological polar surface area (TPSA) is 113 Å². The third-order valence-corrected chi connectivity index (χ3v) is 6.31. The minimum atomic E-state index is -0.742. The molecule has 0 fully saturated rings. The van der Waals surface area contributed by atoms with Crippen molar-refractivity contribution in [2.75, 3.05) is 13.7 Å². The molecule has 2 heterocycles. The summed E-state index contributed by atoms with van der Waals surface area (Å²) in [6.07, 6.45) is 1.59. The number of esters is 1. The van der Waals surface area contributed by atoms with Crippen LogP contribution in [-0.2, 0) is 9.53 Å². The minimum Gasteiger partial charge on any atom is -0.497 e. The van der Waals surface area contributed by atoms with Crippen LogP contribution in [0.15, 0.2) is 69.6 Å². The van der Waals surface area contributed by atoms with Crippen molar-refractivity contribution in [2.45, 2.75) is 19.9 Å². The molecule has 0 saturated heterocycles. The van der Waals surface area contributed by atoms with Gasteiger partial charge in [0.15, 0.2) is 4.80 Å². The first kappa shape index (κ1) is 23.1. The van der Waals surface area contributed by atoms with Crippen LogP contribution in [0.5, 0.6) is 5.75 Å². The van der Waals surface area contributed by atoms with E-state index in [1.165, 1.54) is 16.7 Å². The van der Waals surface area contributed by atoms with E-state index >= 15 is 0 Å². The Kier molecular flexibility index (Phi) is 6.42. The van der Waals surface area contributed by atoms with Gasteiger partial charge in [0.2, 0.25) is 0 Å². The van der Waals surface area contributed by atoms with Crippen LogP contribution in [0.2, 0.25) is 0 Å². The fraction of sp³-hybridized carbons (Fsp3) is 0.208. The van der Waals surface area contributed by atoms with Gasteiger partial charge in [0.1, 0.15) is 5.75 Å². The molecule has 0 saturated carbocycles. The SMILES string of the molecule is CCOC(=O)C1=C(C)N=c2s/c(=C\c3cccc([N+](=O)[O-])c3)c(=O)n2C1c1ccc(OC)cc1. The molecule has 174 valence electrons. The summed E-state index contributed by atoms with van der Waals surface area (Å²) in [6, 6.07) is 12.4. The van der Waals surface area contributed by atoms with Crippen molar-refractivity contribution in [3.8, 4) is 5.75 Å². The average molecular weight is 480 g/mol. The number of carbonyl (C=O) groups is 1. The molecular weight excluding hydrogens is 458 g/mol. The Morgan fingerprint density at radius 2 is 2.00 bits per heavy atom. The first-order valence-electron chi connectivity index (χ1n) is 10.4. The van der Waals surface area contributed by atoms with Crippen LogP contribution < -0.4 is 19.6 Å². The summed E-state index contributed by atoms with van der Waals surface area (Å²) in [7, 11) is 1.56. The van der Waals surface area contributed by atoms with Crippen molar-refractivity contribution in [3.63, 3.8) is 0 Å². The zero-order valence-electron chi connectivity index (χ0n) is 18.7. The van der Waals surface area contributed by atoms with E-state index in [9.17, 15) is 19.7 Å². The number of hydrogen-bond acceptors (Lipinski definition) is 8. The normalized spacial score (nSPS) is 15.5. The van der Waals surface area contributed by atoms with E-state index in [2.05, 4.69) is 4.99 Å². The van der Waals surface area contributed by atoms with Crippen LogP contribution in [0.4, 0.5) is 5.69 Å². The number of aromatic nitrogens is 1. The van der Waals surface area contributed by atoms with E-state index in [1.807, 2.05) is 0 Å². The molecule has 9 nitrogen and oxygen atoms in total. The Balaban J connectivity index is 1.93. The zero-order valence-corrected chi connectivity index (χ0v) is 19.5. The van der Waals surface area contributed by atoms with Crippen molar-refractivity contribution in [2.24, 2.45) is 4.99 Å². The predicted molar refractivity (Wildman–Crippen MR) is 126 cm³/mol. The van der Waals surface area contributed by atoms with Crippen LogP contribution in [0.1, 0.15) is 31.0 Å². The van der Waals surface area contributed by atoms with Crippen molar-refractivity contribution < 1.29 is 19.2 Å². The number of hydrogen-bond donors (Lipinski definition) is 0. The fourth-order valence-electron chi connectivity index (χ4n) is 3.77. The van der Waals surface area contributed by atoms with Crippen LogP contribution in [0.3, 0.4) is 0 Å². The van der Waals surface area contributed by atoms with E-state index in [0.717, 1.165) is 11.3 Å². The second kappa shape index (κ2) is 9.44. The molecule has 0 N–H and O–H groups in total. The van der Waals surface area contributed by atoms with Gasteiger partial charge < -0.3 is 9.47 Å². The summed E-state index contributed by atoms with van der Waals surface area (Å²) in [4.78, 5) is 42.0. The highest BCUT2D eigenvalue weighted by Gasteiger charge is 2.33. The fourth-order valence-corrected chi connectivity index (χ4v) is 4.82. The second-order valence-corrected chi connectivity index (χ2v) is 8.44. The summed E-state index contributed by atoms with van der Waals surface area (Å²) in [6.45, 7) is 3.60. The molecule has 10 heteroatoms. The van der Waals surface area contributed by atoms with Gasteiger partial charge >= 0.3 is 5.97 Å². The monoisotopic (exact) mass is 479 g/mol. The van der Waals surface area contributed by atoms with Crippen molar-refractivity contribution >= 4 is 29.1 Å². The predicted octanol–water partition coefficient (Wildman–Crippen LogP) is 2.72. The zero-order chi connectivity index (χ0) is 24.4. The van der Waals surface area contributed by atoms with Gasteiger partial charge in [0, 0.05) is 12.1 Å². The number of thiazole rings is 1. The minimum absolute atomic E-state index is 0.0712. The summed E-state index contributed by atoms with van der Waals surface area (Å²) >= 11 is 1.16. The summed E-state index contributed by atoms with van der Waals surface area (Å²) in [5.74, 6) is 0.0951. The lowest BCUT2D eigenvalue weighted by atomic mass is 9.96. The van der Waals surface area contributed by atoms with E-state index < -0.39 is 16.9 Å². The van der Waals surface area contributed by atoms with Gasteiger partial charge in [0.25, 0.3) is 11.2 Å². The van der Waals surface area contributed by atoms with E-state index in [1.54, 1.807) is 63.4 Å². The van der Waals surface area contributed by atoms with Gasteiger partial charge in [-0.15, -0.1) is 0 Å². The Labute approximate surface area is 198 Å². The lowest BCUT2D eigenvalue weighted by molar-refractivity contribution is -0.384. The molecule has 1 unspecified atom stereocenters. The number of rotatable bonds is 6. The maximum Gasteiger partial charge on any atom is 0.338 e. The van der Waals surface area contributed by atoms with E-state index in [-0.39, 0.29) is 23.4 Å². The Hall–Kier alpha value is -4.05. The van der Waals surface area contributed by atoms with Gasteiger partial charge in [-0.2, -0.15) is 0 Å². The largest absolute Gasteiger partial charge is 0.497 e. The lowest BCUT2D eigenvalue weighted by Crippen LogP contribution is -2.39. The number of nitro benzene ring substituents is 1. The van der Waals surface area contributed by atoms with Gasteiger partial charge in [-0.3, -0.25) is 19.5 Å².